The van der Waals surface area contributed by atoms with Gasteiger partial charge in [0.1, 0.15) is 0 Å². The number of rotatable bonds is 3. The molecule has 0 atom stereocenters. The van der Waals surface area contributed by atoms with Crippen LogP contribution in [0, 0.1) is 5.92 Å². The van der Waals surface area contributed by atoms with Gasteiger partial charge in [0.15, 0.2) is 0 Å². The average molecular weight is 179 g/mol. The SMILES string of the molecule is CN(C=O)C=C=CC1CCCCC1. The number of carbonyl (C=O) groups is 1. The minimum Gasteiger partial charge on any atom is -0.318 e. The molecule has 0 aliphatic heterocycles. The van der Waals surface area contributed by atoms with Crippen molar-refractivity contribution in [2.45, 2.75) is 32.1 Å². The molecule has 1 rings (SSSR count). The predicted molar refractivity (Wildman–Crippen MR) is 53.1 cm³/mol. The Morgan fingerprint density at radius 2 is 2.00 bits per heavy atom. The minimum absolute atomic E-state index is 0.685. The van der Waals surface area contributed by atoms with Crippen LogP contribution in [-0.2, 0) is 4.79 Å². The first-order valence-electron chi connectivity index (χ1n) is 4.93. The van der Waals surface area contributed by atoms with Crippen LogP contribution in [0.4, 0.5) is 0 Å². The molecular weight excluding hydrogens is 162 g/mol. The highest BCUT2D eigenvalue weighted by Crippen LogP contribution is 2.23. The van der Waals surface area contributed by atoms with Crippen molar-refractivity contribution in [3.8, 4) is 0 Å². The third-order valence-corrected chi connectivity index (χ3v) is 2.43. The molecule has 0 unspecified atom stereocenters. The van der Waals surface area contributed by atoms with Crippen LogP contribution in [-0.4, -0.2) is 18.4 Å². The van der Waals surface area contributed by atoms with Gasteiger partial charge < -0.3 is 4.90 Å². The van der Waals surface area contributed by atoms with Gasteiger partial charge in [-0.05, 0) is 24.8 Å². The molecule has 0 N–H and O–H groups in total. The summed E-state index contributed by atoms with van der Waals surface area (Å²) in [5, 5.41) is 0. The largest absolute Gasteiger partial charge is 0.318 e. The average Bonchev–Trinajstić information content (AvgIpc) is 2.19. The lowest BCUT2D eigenvalue weighted by Gasteiger charge is -2.16. The molecule has 0 saturated heterocycles. The van der Waals surface area contributed by atoms with Gasteiger partial charge in [0.25, 0.3) is 0 Å². The molecule has 0 aromatic carbocycles. The Labute approximate surface area is 79.9 Å². The van der Waals surface area contributed by atoms with E-state index in [1.807, 2.05) is 0 Å². The van der Waals surface area contributed by atoms with Gasteiger partial charge in [0, 0.05) is 13.2 Å². The van der Waals surface area contributed by atoms with E-state index in [4.69, 9.17) is 0 Å². The topological polar surface area (TPSA) is 20.3 Å². The van der Waals surface area contributed by atoms with Crippen molar-refractivity contribution in [1.82, 2.24) is 4.90 Å². The van der Waals surface area contributed by atoms with Gasteiger partial charge in [-0.3, -0.25) is 4.79 Å². The van der Waals surface area contributed by atoms with Crippen molar-refractivity contribution in [2.24, 2.45) is 5.92 Å². The molecular formula is C11H17NO. The maximum Gasteiger partial charge on any atom is 0.213 e. The van der Waals surface area contributed by atoms with Crippen molar-refractivity contribution < 1.29 is 4.79 Å². The maximum absolute atomic E-state index is 10.2. The molecule has 1 amide bonds. The highest BCUT2D eigenvalue weighted by Gasteiger charge is 2.08. The summed E-state index contributed by atoms with van der Waals surface area (Å²) in [4.78, 5) is 11.7. The predicted octanol–water partition coefficient (Wildman–Crippen LogP) is 2.32. The summed E-state index contributed by atoms with van der Waals surface area (Å²) in [6.07, 6.45) is 11.2. The zero-order valence-corrected chi connectivity index (χ0v) is 8.20. The molecule has 0 bridgehead atoms. The molecule has 0 radical (unpaired) electrons. The molecule has 0 heterocycles. The molecule has 13 heavy (non-hydrogen) atoms. The lowest BCUT2D eigenvalue weighted by molar-refractivity contribution is -0.114. The number of amides is 1. The van der Waals surface area contributed by atoms with Crippen LogP contribution >= 0.6 is 0 Å². The van der Waals surface area contributed by atoms with E-state index in [-0.39, 0.29) is 0 Å². The van der Waals surface area contributed by atoms with Gasteiger partial charge in [0.05, 0.1) is 0 Å². The summed E-state index contributed by atoms with van der Waals surface area (Å²) in [6, 6.07) is 0. The molecule has 0 aromatic heterocycles. The second-order valence-corrected chi connectivity index (χ2v) is 3.63. The molecule has 2 heteroatoms. The van der Waals surface area contributed by atoms with Crippen LogP contribution in [0.15, 0.2) is 18.0 Å². The van der Waals surface area contributed by atoms with Crippen LogP contribution in [0.5, 0.6) is 0 Å². The summed E-state index contributed by atoms with van der Waals surface area (Å²) in [7, 11) is 1.72. The fourth-order valence-electron chi connectivity index (χ4n) is 1.63. The first-order chi connectivity index (χ1) is 6.33. The Balaban J connectivity index is 2.36. The number of hydrogen-bond donors (Lipinski definition) is 0. The Bertz CT molecular complexity index is 210. The second kappa shape index (κ2) is 5.60. The van der Waals surface area contributed by atoms with Crippen LogP contribution in [0.3, 0.4) is 0 Å². The van der Waals surface area contributed by atoms with Crippen LogP contribution < -0.4 is 0 Å². The lowest BCUT2D eigenvalue weighted by atomic mass is 9.89. The van der Waals surface area contributed by atoms with E-state index in [1.165, 1.54) is 37.0 Å². The van der Waals surface area contributed by atoms with E-state index in [0.29, 0.717) is 5.92 Å². The van der Waals surface area contributed by atoms with Crippen LogP contribution in [0.1, 0.15) is 32.1 Å². The van der Waals surface area contributed by atoms with E-state index in [2.05, 4.69) is 11.8 Å². The van der Waals surface area contributed by atoms with Crippen molar-refractivity contribution in [3.63, 3.8) is 0 Å². The van der Waals surface area contributed by atoms with Crippen molar-refractivity contribution in [3.05, 3.63) is 18.0 Å². The van der Waals surface area contributed by atoms with Crippen molar-refractivity contribution >= 4 is 6.41 Å². The number of nitrogens with zero attached hydrogens (tertiary/aromatic N) is 1. The molecule has 1 fully saturated rings. The molecule has 72 valence electrons. The smallest absolute Gasteiger partial charge is 0.213 e. The van der Waals surface area contributed by atoms with Gasteiger partial charge in [-0.2, -0.15) is 0 Å². The maximum atomic E-state index is 10.2. The zero-order valence-electron chi connectivity index (χ0n) is 8.20. The second-order valence-electron chi connectivity index (χ2n) is 3.63. The summed E-state index contributed by atoms with van der Waals surface area (Å²) in [6.45, 7) is 0. The van der Waals surface area contributed by atoms with E-state index in [9.17, 15) is 4.79 Å². The van der Waals surface area contributed by atoms with E-state index < -0.39 is 0 Å². The summed E-state index contributed by atoms with van der Waals surface area (Å²) < 4.78 is 0. The Morgan fingerprint density at radius 3 is 2.62 bits per heavy atom. The summed E-state index contributed by atoms with van der Waals surface area (Å²) >= 11 is 0. The normalized spacial score (nSPS) is 17.3. The van der Waals surface area contributed by atoms with E-state index in [1.54, 1.807) is 13.2 Å². The van der Waals surface area contributed by atoms with Crippen LogP contribution in [0.25, 0.3) is 0 Å². The highest BCUT2D eigenvalue weighted by molar-refractivity contribution is 5.48. The zero-order chi connectivity index (χ0) is 9.52. The van der Waals surface area contributed by atoms with E-state index >= 15 is 0 Å². The van der Waals surface area contributed by atoms with Gasteiger partial charge in [-0.15, -0.1) is 5.73 Å². The molecule has 0 spiro atoms. The fourth-order valence-corrected chi connectivity index (χ4v) is 1.63. The molecule has 1 aliphatic rings. The summed E-state index contributed by atoms with van der Waals surface area (Å²) in [5.41, 5.74) is 3.05. The van der Waals surface area contributed by atoms with Gasteiger partial charge in [-0.25, -0.2) is 0 Å². The monoisotopic (exact) mass is 179 g/mol. The van der Waals surface area contributed by atoms with Crippen molar-refractivity contribution in [2.75, 3.05) is 7.05 Å². The summed E-state index contributed by atoms with van der Waals surface area (Å²) in [5.74, 6) is 0.685. The molecule has 1 aliphatic carbocycles. The molecule has 0 aromatic rings. The molecule has 2 nitrogen and oxygen atoms in total. The van der Waals surface area contributed by atoms with E-state index in [0.717, 1.165) is 6.41 Å². The highest BCUT2D eigenvalue weighted by atomic mass is 16.1. The third-order valence-electron chi connectivity index (χ3n) is 2.43. The Hall–Kier alpha value is -1.01. The standard InChI is InChI=1S/C11H17NO/c1-12(10-13)9-5-8-11-6-3-2-4-7-11/h8-11H,2-4,6-7H2,1H3. The lowest BCUT2D eigenvalue weighted by Crippen LogP contribution is -2.05. The van der Waals surface area contributed by atoms with Crippen molar-refractivity contribution in [1.29, 1.82) is 0 Å². The fraction of sp³-hybridized carbons (Fsp3) is 0.636. The van der Waals surface area contributed by atoms with Gasteiger partial charge in [-0.1, -0.05) is 19.3 Å². The quantitative estimate of drug-likeness (QED) is 0.481. The number of carbonyl (C=O) groups excluding carboxylic acids is 1. The molecule has 1 saturated carbocycles. The Kier molecular flexibility index (Phi) is 4.34. The first-order valence-corrected chi connectivity index (χ1v) is 4.93. The Morgan fingerprint density at radius 1 is 1.31 bits per heavy atom. The third kappa shape index (κ3) is 3.95. The first kappa shape index (κ1) is 10.1. The number of allylic oxidation sites excluding steroid dienone is 1. The van der Waals surface area contributed by atoms with Gasteiger partial charge in [0.2, 0.25) is 6.41 Å². The van der Waals surface area contributed by atoms with Gasteiger partial charge >= 0.3 is 0 Å². The minimum atomic E-state index is 0.685. The number of hydrogen-bond acceptors (Lipinski definition) is 1. The van der Waals surface area contributed by atoms with Crippen LogP contribution in [0.2, 0.25) is 0 Å².